The number of pyridine rings is 1. The van der Waals surface area contributed by atoms with Crippen molar-refractivity contribution >= 4 is 29.6 Å². The van der Waals surface area contributed by atoms with Crippen LogP contribution >= 0.6 is 12.2 Å². The lowest BCUT2D eigenvalue weighted by atomic mass is 9.69. The molecule has 0 spiro atoms. The summed E-state index contributed by atoms with van der Waals surface area (Å²) >= 11 is 5.18. The zero-order chi connectivity index (χ0) is 17.8. The Bertz CT molecular complexity index is 961. The van der Waals surface area contributed by atoms with Crippen LogP contribution in [0.3, 0.4) is 0 Å². The van der Waals surface area contributed by atoms with E-state index in [1.807, 2.05) is 12.1 Å². The summed E-state index contributed by atoms with van der Waals surface area (Å²) in [4.78, 5) is 24.4. The third-order valence-corrected chi connectivity index (χ3v) is 5.00. The van der Waals surface area contributed by atoms with Crippen molar-refractivity contribution < 1.29 is 4.79 Å². The number of hydrogen-bond acceptors (Lipinski definition) is 6. The van der Waals surface area contributed by atoms with Gasteiger partial charge in [0.2, 0.25) is 0 Å². The first kappa shape index (κ1) is 16.0. The number of aromatic amines is 1. The molecule has 1 aliphatic carbocycles. The molecule has 0 saturated carbocycles. The van der Waals surface area contributed by atoms with E-state index in [-0.39, 0.29) is 17.1 Å². The number of carbonyl (C=O) groups is 1. The molecule has 2 aromatic rings. The molecule has 1 unspecified atom stereocenters. The highest BCUT2D eigenvalue weighted by molar-refractivity contribution is 7.71. The Kier molecular flexibility index (Phi) is 3.50. The summed E-state index contributed by atoms with van der Waals surface area (Å²) < 4.78 is 0.322. The smallest absolute Gasteiger partial charge is 0.200 e. The van der Waals surface area contributed by atoms with E-state index in [0.717, 1.165) is 28.8 Å². The Morgan fingerprint density at radius 3 is 2.72 bits per heavy atom. The van der Waals surface area contributed by atoms with Crippen LogP contribution in [0.1, 0.15) is 43.7 Å². The predicted molar refractivity (Wildman–Crippen MR) is 98.6 cm³/mol. The van der Waals surface area contributed by atoms with Crippen molar-refractivity contribution in [2.75, 3.05) is 11.1 Å². The number of nitrogens with zero attached hydrogens (tertiary/aromatic N) is 2. The van der Waals surface area contributed by atoms with E-state index >= 15 is 0 Å². The number of Topliss-reactive ketones (excluding diaryl/α,β-unsaturated/α-hetero) is 1. The normalized spacial score (nSPS) is 21.4. The van der Waals surface area contributed by atoms with Crippen LogP contribution in [-0.2, 0) is 4.79 Å². The first-order valence-corrected chi connectivity index (χ1v) is 8.59. The summed E-state index contributed by atoms with van der Waals surface area (Å²) in [5.41, 5.74) is 9.58. The number of nitrogens with one attached hydrogen (secondary N) is 2. The van der Waals surface area contributed by atoms with Gasteiger partial charge >= 0.3 is 0 Å². The molecular formula is C18H19N5OS. The number of ketones is 1. The minimum atomic E-state index is -0.266. The van der Waals surface area contributed by atoms with Crippen LogP contribution in [0.4, 0.5) is 11.6 Å². The summed E-state index contributed by atoms with van der Waals surface area (Å²) in [6.45, 7) is 4.21. The number of fused-ring (bicyclic) bond motifs is 1. The highest BCUT2D eigenvalue weighted by Crippen LogP contribution is 2.49. The van der Waals surface area contributed by atoms with E-state index in [4.69, 9.17) is 18.0 Å². The largest absolute Gasteiger partial charge is 0.385 e. The fourth-order valence-corrected chi connectivity index (χ4v) is 4.05. The average molecular weight is 353 g/mol. The van der Waals surface area contributed by atoms with Gasteiger partial charge in [-0.1, -0.05) is 13.8 Å². The fraction of sp³-hybridized carbons (Fsp3) is 0.333. The van der Waals surface area contributed by atoms with Crippen molar-refractivity contribution in [2.45, 2.75) is 32.6 Å². The van der Waals surface area contributed by atoms with Gasteiger partial charge in [-0.25, -0.2) is 4.98 Å². The Balaban J connectivity index is 1.99. The second-order valence-electron chi connectivity index (χ2n) is 7.39. The van der Waals surface area contributed by atoms with Crippen molar-refractivity contribution in [2.24, 2.45) is 5.41 Å². The summed E-state index contributed by atoms with van der Waals surface area (Å²) in [6, 6.07) is 3.83. The monoisotopic (exact) mass is 353 g/mol. The molecule has 128 valence electrons. The molecule has 7 heteroatoms. The first-order valence-electron chi connectivity index (χ1n) is 8.18. The van der Waals surface area contributed by atoms with Crippen molar-refractivity contribution in [3.63, 3.8) is 0 Å². The van der Waals surface area contributed by atoms with E-state index in [2.05, 4.69) is 34.1 Å². The molecule has 1 atom stereocenters. The quantitative estimate of drug-likeness (QED) is 0.681. The van der Waals surface area contributed by atoms with E-state index in [1.54, 1.807) is 12.4 Å². The summed E-state index contributed by atoms with van der Waals surface area (Å²) in [5, 5.41) is 3.33. The number of carbonyl (C=O) groups excluding carboxylic acids is 1. The Morgan fingerprint density at radius 1 is 1.28 bits per heavy atom. The number of nitrogen functional groups attached to an aromatic ring is 1. The number of H-pyrrole nitrogens is 1. The number of hydrogen-bond donors (Lipinski definition) is 3. The topological polar surface area (TPSA) is 96.7 Å². The van der Waals surface area contributed by atoms with Crippen LogP contribution in [0.2, 0.25) is 0 Å². The molecular weight excluding hydrogens is 334 g/mol. The van der Waals surface area contributed by atoms with Gasteiger partial charge in [-0.15, -0.1) is 0 Å². The maximum atomic E-state index is 13.0. The maximum Gasteiger partial charge on any atom is 0.200 e. The van der Waals surface area contributed by atoms with Gasteiger partial charge in [-0.05, 0) is 41.7 Å². The van der Waals surface area contributed by atoms with Gasteiger partial charge in [0.25, 0.3) is 0 Å². The summed E-state index contributed by atoms with van der Waals surface area (Å²) in [7, 11) is 0. The zero-order valence-electron chi connectivity index (χ0n) is 14.1. The van der Waals surface area contributed by atoms with Crippen molar-refractivity contribution in [1.29, 1.82) is 0 Å². The van der Waals surface area contributed by atoms with Gasteiger partial charge in [0, 0.05) is 41.6 Å². The van der Waals surface area contributed by atoms with Crippen LogP contribution in [0, 0.1) is 10.2 Å². The highest BCUT2D eigenvalue weighted by atomic mass is 32.1. The fourth-order valence-electron chi connectivity index (χ4n) is 3.85. The third-order valence-electron chi connectivity index (χ3n) is 4.81. The molecule has 4 N–H and O–H groups in total. The lowest BCUT2D eigenvalue weighted by molar-refractivity contribution is -0.118. The minimum absolute atomic E-state index is 0.0908. The number of anilines is 2. The molecule has 0 radical (unpaired) electrons. The second kappa shape index (κ2) is 5.49. The predicted octanol–water partition coefficient (Wildman–Crippen LogP) is 3.32. The van der Waals surface area contributed by atoms with Gasteiger partial charge in [0.15, 0.2) is 10.6 Å². The van der Waals surface area contributed by atoms with Gasteiger partial charge in [-0.3, -0.25) is 9.78 Å². The van der Waals surface area contributed by atoms with Crippen molar-refractivity contribution in [1.82, 2.24) is 15.0 Å². The molecule has 0 saturated heterocycles. The molecule has 2 aromatic heterocycles. The maximum absolute atomic E-state index is 13.0. The van der Waals surface area contributed by atoms with Gasteiger partial charge in [0.1, 0.15) is 11.6 Å². The molecule has 2 aliphatic rings. The van der Waals surface area contributed by atoms with Crippen LogP contribution < -0.4 is 11.1 Å². The van der Waals surface area contributed by atoms with Crippen LogP contribution in [0.25, 0.3) is 0 Å². The zero-order valence-corrected chi connectivity index (χ0v) is 14.9. The molecule has 6 nitrogen and oxygen atoms in total. The SMILES string of the molecule is CC1(C)CC(=O)C2=C(C1)Nc1nc(=S)[nH]c(N)c1C2c1ccncc1. The molecule has 0 amide bonds. The van der Waals surface area contributed by atoms with Crippen LogP contribution in [0.5, 0.6) is 0 Å². The van der Waals surface area contributed by atoms with Crippen molar-refractivity contribution in [3.05, 3.63) is 51.7 Å². The van der Waals surface area contributed by atoms with E-state index in [9.17, 15) is 4.79 Å². The van der Waals surface area contributed by atoms with Crippen molar-refractivity contribution in [3.8, 4) is 0 Å². The van der Waals surface area contributed by atoms with Gasteiger partial charge in [-0.2, -0.15) is 0 Å². The van der Waals surface area contributed by atoms with Gasteiger partial charge < -0.3 is 16.0 Å². The first-order chi connectivity index (χ1) is 11.9. The Morgan fingerprint density at radius 2 is 2.00 bits per heavy atom. The number of allylic oxidation sites excluding steroid dienone is 2. The molecule has 1 aliphatic heterocycles. The minimum Gasteiger partial charge on any atom is -0.385 e. The molecule has 0 fully saturated rings. The standard InChI is InChI=1S/C18H19N5OS/c1-18(2)7-10-13(11(24)8-18)12(9-3-5-20-6-4-9)14-15(19)22-17(25)23-16(14)21-10/h3-6,12H,7-8H2,1-2H3,(H4,19,21,22,23,25). The summed E-state index contributed by atoms with van der Waals surface area (Å²) in [5.74, 6) is 0.950. The Hall–Kier alpha value is -2.54. The average Bonchev–Trinajstić information content (AvgIpc) is 2.52. The molecule has 4 rings (SSSR count). The van der Waals surface area contributed by atoms with E-state index in [1.165, 1.54) is 0 Å². The third kappa shape index (κ3) is 2.64. The lowest BCUT2D eigenvalue weighted by Crippen LogP contribution is -2.34. The summed E-state index contributed by atoms with van der Waals surface area (Å²) in [6.07, 6.45) is 4.75. The number of aromatic nitrogens is 3. The van der Waals surface area contributed by atoms with E-state index in [0.29, 0.717) is 22.8 Å². The van der Waals surface area contributed by atoms with Gasteiger partial charge in [0.05, 0.1) is 0 Å². The molecule has 25 heavy (non-hydrogen) atoms. The molecule has 3 heterocycles. The van der Waals surface area contributed by atoms with Crippen LogP contribution in [-0.4, -0.2) is 20.7 Å². The molecule has 0 bridgehead atoms. The Labute approximate surface area is 150 Å². The highest BCUT2D eigenvalue weighted by Gasteiger charge is 2.41. The lowest BCUT2D eigenvalue weighted by Gasteiger charge is -2.39. The van der Waals surface area contributed by atoms with Crippen LogP contribution in [0.15, 0.2) is 35.8 Å². The number of nitrogens with two attached hydrogens (primary N) is 1. The van der Waals surface area contributed by atoms with E-state index < -0.39 is 0 Å². The second-order valence-corrected chi connectivity index (χ2v) is 7.78. The number of rotatable bonds is 1. The molecule has 0 aromatic carbocycles.